The maximum absolute atomic E-state index is 12.7. The summed E-state index contributed by atoms with van der Waals surface area (Å²) in [6.45, 7) is 4.60. The molecule has 0 radical (unpaired) electrons. The van der Waals surface area contributed by atoms with Crippen molar-refractivity contribution in [3.05, 3.63) is 63.6 Å². The van der Waals surface area contributed by atoms with Crippen molar-refractivity contribution in [2.45, 2.75) is 26.3 Å². The molecule has 3 rings (SSSR count). The molecule has 1 amide bonds. The van der Waals surface area contributed by atoms with E-state index in [1.165, 1.54) is 5.56 Å². The summed E-state index contributed by atoms with van der Waals surface area (Å²) in [6, 6.07) is 13.5. The lowest BCUT2D eigenvalue weighted by Gasteiger charge is -2.32. The van der Waals surface area contributed by atoms with Gasteiger partial charge < -0.3 is 5.32 Å². The first-order valence-electron chi connectivity index (χ1n) is 8.55. The van der Waals surface area contributed by atoms with Crippen LogP contribution in [0.15, 0.2) is 42.5 Å². The highest BCUT2D eigenvalue weighted by atomic mass is 35.5. The third kappa shape index (κ3) is 4.97. The van der Waals surface area contributed by atoms with Crippen molar-refractivity contribution in [1.82, 2.24) is 4.90 Å². The summed E-state index contributed by atoms with van der Waals surface area (Å²) in [5, 5.41) is 4.43. The molecule has 132 valence electrons. The highest BCUT2D eigenvalue weighted by Gasteiger charge is 2.26. The smallest absolute Gasteiger partial charge is 0.228 e. The van der Waals surface area contributed by atoms with Crippen molar-refractivity contribution in [2.24, 2.45) is 5.92 Å². The monoisotopic (exact) mass is 376 g/mol. The van der Waals surface area contributed by atoms with Crippen LogP contribution in [0.4, 0.5) is 5.69 Å². The first-order chi connectivity index (χ1) is 12.0. The van der Waals surface area contributed by atoms with Crippen LogP contribution in [0.5, 0.6) is 0 Å². The van der Waals surface area contributed by atoms with E-state index in [9.17, 15) is 4.79 Å². The van der Waals surface area contributed by atoms with Gasteiger partial charge in [0, 0.05) is 28.8 Å². The summed E-state index contributed by atoms with van der Waals surface area (Å²) < 4.78 is 0. The molecule has 1 N–H and O–H groups in total. The number of piperidine rings is 1. The van der Waals surface area contributed by atoms with Crippen molar-refractivity contribution in [1.29, 1.82) is 0 Å². The van der Waals surface area contributed by atoms with E-state index in [0.29, 0.717) is 5.02 Å². The maximum Gasteiger partial charge on any atom is 0.228 e. The minimum absolute atomic E-state index is 0.000526. The van der Waals surface area contributed by atoms with Crippen LogP contribution >= 0.6 is 23.2 Å². The summed E-state index contributed by atoms with van der Waals surface area (Å²) >= 11 is 12.0. The zero-order valence-corrected chi connectivity index (χ0v) is 15.8. The number of carbonyl (C=O) groups is 1. The van der Waals surface area contributed by atoms with Crippen LogP contribution in [0.2, 0.25) is 10.0 Å². The highest BCUT2D eigenvalue weighted by Crippen LogP contribution is 2.24. The Kier molecular flexibility index (Phi) is 6.00. The van der Waals surface area contributed by atoms with E-state index < -0.39 is 0 Å². The number of amides is 1. The van der Waals surface area contributed by atoms with E-state index in [1.807, 2.05) is 49.4 Å². The number of hydrogen-bond donors (Lipinski definition) is 1. The van der Waals surface area contributed by atoms with Gasteiger partial charge in [-0.25, -0.2) is 0 Å². The summed E-state index contributed by atoms with van der Waals surface area (Å²) in [5.74, 6) is 0.0746. The molecule has 2 aromatic rings. The Morgan fingerprint density at radius 1 is 1.16 bits per heavy atom. The first kappa shape index (κ1) is 18.2. The molecule has 1 saturated heterocycles. The van der Waals surface area contributed by atoms with Crippen molar-refractivity contribution >= 4 is 34.8 Å². The molecule has 0 spiro atoms. The normalized spacial score (nSPS) is 18.1. The maximum atomic E-state index is 12.7. The van der Waals surface area contributed by atoms with E-state index in [4.69, 9.17) is 23.2 Å². The topological polar surface area (TPSA) is 32.3 Å². The number of nitrogens with one attached hydrogen (secondary N) is 1. The second kappa shape index (κ2) is 8.22. The molecule has 0 unspecified atom stereocenters. The molecule has 0 saturated carbocycles. The second-order valence-electron chi connectivity index (χ2n) is 6.65. The minimum atomic E-state index is -0.000526. The van der Waals surface area contributed by atoms with Crippen LogP contribution in [0.3, 0.4) is 0 Å². The number of hydrogen-bond acceptors (Lipinski definition) is 2. The van der Waals surface area contributed by atoms with Gasteiger partial charge in [-0.1, -0.05) is 41.4 Å². The van der Waals surface area contributed by atoms with Gasteiger partial charge in [0.15, 0.2) is 0 Å². The predicted molar refractivity (Wildman–Crippen MR) is 104 cm³/mol. The SMILES string of the molecule is Cc1ccc(Cl)cc1NC(=O)[C@@H]1CCCN(Cc2ccc(Cl)cc2)C1. The van der Waals surface area contributed by atoms with Gasteiger partial charge in [0.1, 0.15) is 0 Å². The largest absolute Gasteiger partial charge is 0.326 e. The summed E-state index contributed by atoms with van der Waals surface area (Å²) in [4.78, 5) is 15.0. The standard InChI is InChI=1S/C20H22Cl2N2O/c1-14-4-7-18(22)11-19(14)23-20(25)16-3-2-10-24(13-16)12-15-5-8-17(21)9-6-15/h4-9,11,16H,2-3,10,12-13H2,1H3,(H,23,25)/t16-/m1/s1. The predicted octanol–water partition coefficient (Wildman–Crippen LogP) is 5.15. The number of carbonyl (C=O) groups excluding carboxylic acids is 1. The molecule has 1 atom stereocenters. The molecular weight excluding hydrogens is 355 g/mol. The van der Waals surface area contributed by atoms with Crippen LogP contribution in [0.1, 0.15) is 24.0 Å². The Labute approximate surface area is 158 Å². The first-order valence-corrected chi connectivity index (χ1v) is 9.30. The number of aryl methyl sites for hydroxylation is 1. The van der Waals surface area contributed by atoms with Gasteiger partial charge in [-0.3, -0.25) is 9.69 Å². The molecule has 3 nitrogen and oxygen atoms in total. The molecule has 2 aromatic carbocycles. The van der Waals surface area contributed by atoms with E-state index >= 15 is 0 Å². The molecular formula is C20H22Cl2N2O. The summed E-state index contributed by atoms with van der Waals surface area (Å²) in [5.41, 5.74) is 3.04. The molecule has 1 heterocycles. The van der Waals surface area contributed by atoms with E-state index in [-0.39, 0.29) is 11.8 Å². The quantitative estimate of drug-likeness (QED) is 0.799. The Morgan fingerprint density at radius 3 is 2.64 bits per heavy atom. The number of nitrogens with zero attached hydrogens (tertiary/aromatic N) is 1. The van der Waals surface area contributed by atoms with Gasteiger partial charge in [-0.05, 0) is 61.7 Å². The molecule has 1 aliphatic rings. The van der Waals surface area contributed by atoms with Gasteiger partial charge in [-0.15, -0.1) is 0 Å². The minimum Gasteiger partial charge on any atom is -0.326 e. The molecule has 0 bridgehead atoms. The van der Waals surface area contributed by atoms with Crippen molar-refractivity contribution in [3.8, 4) is 0 Å². The fraction of sp³-hybridized carbons (Fsp3) is 0.350. The zero-order valence-electron chi connectivity index (χ0n) is 14.3. The fourth-order valence-corrected chi connectivity index (χ4v) is 3.52. The molecule has 5 heteroatoms. The molecule has 0 aromatic heterocycles. The third-order valence-electron chi connectivity index (χ3n) is 4.65. The lowest BCUT2D eigenvalue weighted by Crippen LogP contribution is -2.40. The van der Waals surface area contributed by atoms with Crippen LogP contribution in [-0.4, -0.2) is 23.9 Å². The molecule has 25 heavy (non-hydrogen) atoms. The number of halogens is 2. The lowest BCUT2D eigenvalue weighted by molar-refractivity contribution is -0.121. The average molecular weight is 377 g/mol. The third-order valence-corrected chi connectivity index (χ3v) is 5.14. The Morgan fingerprint density at radius 2 is 1.88 bits per heavy atom. The van der Waals surface area contributed by atoms with E-state index in [2.05, 4.69) is 10.2 Å². The highest BCUT2D eigenvalue weighted by molar-refractivity contribution is 6.31. The van der Waals surface area contributed by atoms with Crippen LogP contribution < -0.4 is 5.32 Å². The molecule has 1 aliphatic heterocycles. The van der Waals surface area contributed by atoms with Gasteiger partial charge in [0.25, 0.3) is 0 Å². The fourth-order valence-electron chi connectivity index (χ4n) is 3.22. The van der Waals surface area contributed by atoms with Crippen LogP contribution in [0.25, 0.3) is 0 Å². The van der Waals surface area contributed by atoms with Gasteiger partial charge >= 0.3 is 0 Å². The van der Waals surface area contributed by atoms with Gasteiger partial charge in [0.05, 0.1) is 5.92 Å². The molecule has 1 fully saturated rings. The number of anilines is 1. The van der Waals surface area contributed by atoms with E-state index in [1.54, 1.807) is 0 Å². The second-order valence-corrected chi connectivity index (χ2v) is 7.52. The van der Waals surface area contributed by atoms with Gasteiger partial charge in [0.2, 0.25) is 5.91 Å². The van der Waals surface area contributed by atoms with Crippen molar-refractivity contribution in [3.63, 3.8) is 0 Å². The lowest BCUT2D eigenvalue weighted by atomic mass is 9.96. The van der Waals surface area contributed by atoms with Crippen molar-refractivity contribution < 1.29 is 4.79 Å². The van der Waals surface area contributed by atoms with Crippen LogP contribution in [-0.2, 0) is 11.3 Å². The number of rotatable bonds is 4. The van der Waals surface area contributed by atoms with Gasteiger partial charge in [-0.2, -0.15) is 0 Å². The number of benzene rings is 2. The summed E-state index contributed by atoms with van der Waals surface area (Å²) in [6.07, 6.45) is 1.95. The molecule has 0 aliphatic carbocycles. The Hall–Kier alpha value is -1.55. The zero-order chi connectivity index (χ0) is 17.8. The number of likely N-dealkylation sites (tertiary alicyclic amines) is 1. The Balaban J connectivity index is 1.61. The average Bonchev–Trinajstić information content (AvgIpc) is 2.60. The van der Waals surface area contributed by atoms with E-state index in [0.717, 1.165) is 48.7 Å². The van der Waals surface area contributed by atoms with Crippen LogP contribution in [0, 0.1) is 12.8 Å². The summed E-state index contributed by atoms with van der Waals surface area (Å²) in [7, 11) is 0. The van der Waals surface area contributed by atoms with Crippen molar-refractivity contribution in [2.75, 3.05) is 18.4 Å². The Bertz CT molecular complexity index is 746.